The van der Waals surface area contributed by atoms with Gasteiger partial charge in [0.25, 0.3) is 0 Å². The molecular formula is C12H13BrClN3S2. The van der Waals surface area contributed by atoms with Crippen molar-refractivity contribution in [2.45, 2.75) is 6.42 Å². The van der Waals surface area contributed by atoms with Gasteiger partial charge in [-0.2, -0.15) is 0 Å². The lowest BCUT2D eigenvalue weighted by Crippen LogP contribution is -2.34. The highest BCUT2D eigenvalue weighted by Gasteiger charge is 2.29. The zero-order valence-electron chi connectivity index (χ0n) is 9.98. The summed E-state index contributed by atoms with van der Waals surface area (Å²) < 4.78 is 4.04. The Balaban J connectivity index is 2.15. The normalized spacial score (nSPS) is 24.6. The van der Waals surface area contributed by atoms with E-state index in [1.165, 1.54) is 0 Å². The van der Waals surface area contributed by atoms with Crippen molar-refractivity contribution in [2.75, 3.05) is 5.75 Å². The summed E-state index contributed by atoms with van der Waals surface area (Å²) in [6.07, 6.45) is 2.61. The van der Waals surface area contributed by atoms with E-state index in [1.54, 1.807) is 6.20 Å². The number of aliphatic imine (C=N–C) groups is 1. The van der Waals surface area contributed by atoms with Crippen LogP contribution in [0.4, 0.5) is 0 Å². The molecule has 1 unspecified atom stereocenters. The van der Waals surface area contributed by atoms with Gasteiger partial charge in [0.15, 0.2) is 5.11 Å². The Morgan fingerprint density at radius 1 is 1.47 bits per heavy atom. The third-order valence-electron chi connectivity index (χ3n) is 2.70. The number of hydrogen-bond acceptors (Lipinski definition) is 2. The molecule has 0 spiro atoms. The number of halogens is 2. The third kappa shape index (κ3) is 3.51. The summed E-state index contributed by atoms with van der Waals surface area (Å²) in [6.45, 7) is 0. The molecule has 1 aliphatic heterocycles. The van der Waals surface area contributed by atoms with Crippen LogP contribution in [0.5, 0.6) is 0 Å². The minimum absolute atomic E-state index is 0.285. The fourth-order valence-corrected chi connectivity index (χ4v) is 5.71. The van der Waals surface area contributed by atoms with Gasteiger partial charge in [0.1, 0.15) is 3.95 Å². The zero-order valence-corrected chi connectivity index (χ0v) is 14.0. The van der Waals surface area contributed by atoms with E-state index in [2.05, 4.69) is 25.6 Å². The maximum absolute atomic E-state index is 6.18. The largest absolute Gasteiger partial charge is 0.376 e. The minimum Gasteiger partial charge on any atom is -0.376 e. The molecule has 0 fully saturated rings. The van der Waals surface area contributed by atoms with Crippen molar-refractivity contribution in [1.29, 1.82) is 0 Å². The van der Waals surface area contributed by atoms with Crippen LogP contribution in [0.3, 0.4) is 0 Å². The second kappa shape index (κ2) is 6.26. The van der Waals surface area contributed by atoms with E-state index in [0.717, 1.165) is 26.7 Å². The van der Waals surface area contributed by atoms with Crippen LogP contribution in [-0.4, -0.2) is 14.8 Å². The van der Waals surface area contributed by atoms with Crippen molar-refractivity contribution in [3.05, 3.63) is 46.5 Å². The van der Waals surface area contributed by atoms with E-state index in [4.69, 9.17) is 29.6 Å². The van der Waals surface area contributed by atoms with E-state index in [1.807, 2.05) is 29.7 Å². The van der Waals surface area contributed by atoms with Crippen LogP contribution in [0.15, 0.2) is 40.9 Å². The predicted octanol–water partition coefficient (Wildman–Crippen LogP) is 3.67. The number of nitrogens with one attached hydrogen (secondary N) is 1. The molecule has 0 bridgehead atoms. The molecule has 1 atom stereocenters. The van der Waals surface area contributed by atoms with Gasteiger partial charge in [-0.25, -0.2) is 4.99 Å². The van der Waals surface area contributed by atoms with Gasteiger partial charge in [-0.15, -0.1) is 0 Å². The average molecular weight is 379 g/mol. The van der Waals surface area contributed by atoms with Crippen LogP contribution >= 0.6 is 50.0 Å². The summed E-state index contributed by atoms with van der Waals surface area (Å²) in [5.74, 6) is 0.842. The maximum atomic E-state index is 6.18. The standard InChI is InChI=1S/C12H13BrClN3S2/c13-11-16-6-8-19(11,17-12(15)18)7-5-9-3-1-2-4-10(9)14/h1-4,6,8H,5,7H2,(H3,15,17,18). The Morgan fingerprint density at radius 2 is 2.21 bits per heavy atom. The number of aryl methyl sites for hydroxylation is 1. The number of nitrogens with zero attached hydrogens (tertiary/aromatic N) is 1. The van der Waals surface area contributed by atoms with Crippen molar-refractivity contribution in [3.63, 3.8) is 0 Å². The monoisotopic (exact) mass is 377 g/mol. The maximum Gasteiger partial charge on any atom is 0.173 e. The first-order chi connectivity index (χ1) is 9.03. The lowest BCUT2D eigenvalue weighted by molar-refractivity contribution is 1.14. The molecule has 1 aliphatic rings. The van der Waals surface area contributed by atoms with Gasteiger partial charge in [0, 0.05) is 17.0 Å². The van der Waals surface area contributed by atoms with E-state index in [-0.39, 0.29) is 5.11 Å². The summed E-state index contributed by atoms with van der Waals surface area (Å²) in [5.41, 5.74) is 6.74. The second-order valence-corrected chi connectivity index (χ2v) is 8.95. The smallest absolute Gasteiger partial charge is 0.173 e. The van der Waals surface area contributed by atoms with Crippen molar-refractivity contribution in [3.8, 4) is 0 Å². The summed E-state index contributed by atoms with van der Waals surface area (Å²) in [4.78, 5) is 4.26. The van der Waals surface area contributed by atoms with Crippen molar-refractivity contribution in [2.24, 2.45) is 10.7 Å². The molecule has 0 aliphatic carbocycles. The number of rotatable bonds is 4. The molecule has 1 aromatic carbocycles. The first-order valence-corrected chi connectivity index (χ1v) is 8.99. The van der Waals surface area contributed by atoms with E-state index >= 15 is 0 Å². The van der Waals surface area contributed by atoms with Gasteiger partial charge < -0.3 is 10.5 Å². The first kappa shape index (κ1) is 14.8. The molecular weight excluding hydrogens is 366 g/mol. The third-order valence-corrected chi connectivity index (χ3v) is 7.97. The van der Waals surface area contributed by atoms with Crippen molar-refractivity contribution < 1.29 is 0 Å². The Morgan fingerprint density at radius 3 is 2.79 bits per heavy atom. The number of thiocarbonyl (C=S) groups is 1. The number of hydrogen-bond donors (Lipinski definition) is 2. The van der Waals surface area contributed by atoms with Gasteiger partial charge in [0.2, 0.25) is 0 Å². The van der Waals surface area contributed by atoms with E-state index in [0.29, 0.717) is 0 Å². The molecule has 0 saturated heterocycles. The van der Waals surface area contributed by atoms with Crippen molar-refractivity contribution in [1.82, 2.24) is 4.72 Å². The van der Waals surface area contributed by atoms with Gasteiger partial charge >= 0.3 is 0 Å². The first-order valence-electron chi connectivity index (χ1n) is 5.55. The minimum atomic E-state index is -1.44. The highest BCUT2D eigenvalue weighted by atomic mass is 79.9. The molecule has 19 heavy (non-hydrogen) atoms. The summed E-state index contributed by atoms with van der Waals surface area (Å²) in [5, 5.41) is 3.10. The van der Waals surface area contributed by atoms with Crippen LogP contribution in [0.1, 0.15) is 5.56 Å². The van der Waals surface area contributed by atoms with Crippen LogP contribution in [0, 0.1) is 0 Å². The van der Waals surface area contributed by atoms with Gasteiger partial charge in [-0.05, 0) is 51.6 Å². The highest BCUT2D eigenvalue weighted by molar-refractivity contribution is 9.23. The van der Waals surface area contributed by atoms with Crippen molar-refractivity contribution >= 4 is 59.0 Å². The molecule has 7 heteroatoms. The van der Waals surface area contributed by atoms with Gasteiger partial charge in [-0.3, -0.25) is 0 Å². The molecule has 0 aromatic heterocycles. The highest BCUT2D eigenvalue weighted by Crippen LogP contribution is 2.52. The zero-order chi connectivity index (χ0) is 13.9. The quantitative estimate of drug-likeness (QED) is 0.786. The van der Waals surface area contributed by atoms with Crippen LogP contribution in [0.25, 0.3) is 0 Å². The Labute approximate surface area is 132 Å². The average Bonchev–Trinajstić information content (AvgIpc) is 2.69. The molecule has 3 N–H and O–H groups in total. The SMILES string of the molecule is NC(=S)NS1(CCc2ccccc2Cl)C=CN=C1Br. The van der Waals surface area contributed by atoms with E-state index in [9.17, 15) is 0 Å². The molecule has 1 heterocycles. The number of nitrogens with two attached hydrogens (primary N) is 1. The summed E-state index contributed by atoms with van der Waals surface area (Å²) in [7, 11) is -1.44. The Kier molecular flexibility index (Phi) is 4.89. The molecule has 0 saturated carbocycles. The van der Waals surface area contributed by atoms with Crippen LogP contribution in [-0.2, 0) is 6.42 Å². The van der Waals surface area contributed by atoms with Crippen LogP contribution < -0.4 is 10.5 Å². The fraction of sp³-hybridized carbons (Fsp3) is 0.167. The lowest BCUT2D eigenvalue weighted by atomic mass is 10.2. The molecule has 102 valence electrons. The Hall–Kier alpha value is -0.560. The second-order valence-electron chi connectivity index (χ2n) is 3.97. The van der Waals surface area contributed by atoms with Gasteiger partial charge in [0.05, 0.1) is 0 Å². The predicted molar refractivity (Wildman–Crippen MR) is 93.0 cm³/mol. The molecule has 0 amide bonds. The molecule has 3 nitrogen and oxygen atoms in total. The summed E-state index contributed by atoms with van der Waals surface area (Å²) in [6, 6.07) is 7.83. The van der Waals surface area contributed by atoms with Gasteiger partial charge in [-0.1, -0.05) is 40.0 Å². The number of benzene rings is 1. The molecule has 2 rings (SSSR count). The van der Waals surface area contributed by atoms with E-state index < -0.39 is 10.2 Å². The molecule has 1 aromatic rings. The topological polar surface area (TPSA) is 50.4 Å². The van der Waals surface area contributed by atoms with Crippen LogP contribution in [0.2, 0.25) is 5.02 Å². The fourth-order valence-electron chi connectivity index (χ4n) is 1.77. The lowest BCUT2D eigenvalue weighted by Gasteiger charge is -2.34. The Bertz CT molecular complexity index is 562. The summed E-state index contributed by atoms with van der Waals surface area (Å²) >= 11 is 14.6. The molecule has 0 radical (unpaired) electrons.